The summed E-state index contributed by atoms with van der Waals surface area (Å²) in [6.07, 6.45) is 2.72. The van der Waals surface area contributed by atoms with E-state index in [4.69, 9.17) is 0 Å². The maximum absolute atomic E-state index is 11.7. The molecule has 25 heavy (non-hydrogen) atoms. The minimum absolute atomic E-state index is 0.354. The predicted octanol–water partition coefficient (Wildman–Crippen LogP) is 0.782. The Kier molecular flexibility index (Phi) is 6.13. The van der Waals surface area contributed by atoms with Crippen LogP contribution in [0.2, 0.25) is 0 Å². The number of aliphatic imine (C=N–C) groups is 1. The lowest BCUT2D eigenvalue weighted by Crippen LogP contribution is -2.37. The number of guanidine groups is 1. The average molecular weight is 364 g/mol. The third-order valence-electron chi connectivity index (χ3n) is 3.62. The SMILES string of the molecule is CCNC(=NCc1ccc(S(C)(=O)=O)c(C)c1)NCc1ncnn1C. The monoisotopic (exact) mass is 364 g/mol. The second kappa shape index (κ2) is 8.11. The average Bonchev–Trinajstić information content (AvgIpc) is 2.94. The second-order valence-corrected chi connectivity index (χ2v) is 7.70. The van der Waals surface area contributed by atoms with Crippen LogP contribution in [0.5, 0.6) is 0 Å². The predicted molar refractivity (Wildman–Crippen MR) is 96.9 cm³/mol. The summed E-state index contributed by atoms with van der Waals surface area (Å²) < 4.78 is 25.1. The van der Waals surface area contributed by atoms with E-state index < -0.39 is 9.84 Å². The number of nitrogens with one attached hydrogen (secondary N) is 2. The van der Waals surface area contributed by atoms with Gasteiger partial charge in [0.2, 0.25) is 0 Å². The third kappa shape index (κ3) is 5.28. The maximum atomic E-state index is 11.7. The molecule has 2 aromatic rings. The number of aromatic nitrogens is 3. The zero-order valence-corrected chi connectivity index (χ0v) is 15.8. The number of hydrogen-bond donors (Lipinski definition) is 2. The van der Waals surface area contributed by atoms with Crippen molar-refractivity contribution < 1.29 is 8.42 Å². The molecule has 0 aliphatic carbocycles. The molecule has 0 saturated heterocycles. The molecule has 0 spiro atoms. The van der Waals surface area contributed by atoms with Gasteiger partial charge in [0.1, 0.15) is 12.2 Å². The Morgan fingerprint density at radius 2 is 2.08 bits per heavy atom. The number of rotatable bonds is 6. The van der Waals surface area contributed by atoms with Gasteiger partial charge in [0.05, 0.1) is 18.0 Å². The molecule has 9 heteroatoms. The van der Waals surface area contributed by atoms with Crippen LogP contribution in [0, 0.1) is 6.92 Å². The van der Waals surface area contributed by atoms with Gasteiger partial charge in [0.25, 0.3) is 0 Å². The van der Waals surface area contributed by atoms with E-state index in [0.29, 0.717) is 23.9 Å². The van der Waals surface area contributed by atoms with E-state index in [-0.39, 0.29) is 0 Å². The number of aryl methyl sites for hydroxylation is 2. The number of sulfone groups is 1. The van der Waals surface area contributed by atoms with E-state index in [1.165, 1.54) is 12.6 Å². The van der Waals surface area contributed by atoms with Crippen LogP contribution in [0.25, 0.3) is 0 Å². The number of nitrogens with zero attached hydrogens (tertiary/aromatic N) is 4. The van der Waals surface area contributed by atoms with Crippen molar-refractivity contribution >= 4 is 15.8 Å². The van der Waals surface area contributed by atoms with Crippen LogP contribution in [0.15, 0.2) is 34.4 Å². The van der Waals surface area contributed by atoms with E-state index in [1.807, 2.05) is 20.0 Å². The highest BCUT2D eigenvalue weighted by molar-refractivity contribution is 7.90. The molecular formula is C16H24N6O2S. The minimum Gasteiger partial charge on any atom is -0.357 e. The fourth-order valence-electron chi connectivity index (χ4n) is 2.38. The highest BCUT2D eigenvalue weighted by Gasteiger charge is 2.10. The largest absolute Gasteiger partial charge is 0.357 e. The lowest BCUT2D eigenvalue weighted by molar-refractivity contribution is 0.601. The molecule has 0 unspecified atom stereocenters. The topological polar surface area (TPSA) is 101 Å². The van der Waals surface area contributed by atoms with Crippen LogP contribution < -0.4 is 10.6 Å². The molecule has 2 rings (SSSR count). The van der Waals surface area contributed by atoms with Crippen LogP contribution in [0.1, 0.15) is 23.9 Å². The summed E-state index contributed by atoms with van der Waals surface area (Å²) in [6, 6.07) is 5.28. The zero-order chi connectivity index (χ0) is 18.4. The number of hydrogen-bond acceptors (Lipinski definition) is 5. The van der Waals surface area contributed by atoms with Gasteiger partial charge in [-0.3, -0.25) is 4.68 Å². The summed E-state index contributed by atoms with van der Waals surface area (Å²) in [7, 11) is -1.37. The Morgan fingerprint density at radius 3 is 2.64 bits per heavy atom. The van der Waals surface area contributed by atoms with Gasteiger partial charge in [-0.25, -0.2) is 18.4 Å². The Bertz CT molecular complexity index is 857. The second-order valence-electron chi connectivity index (χ2n) is 5.72. The zero-order valence-electron chi connectivity index (χ0n) is 14.9. The van der Waals surface area contributed by atoms with Crippen LogP contribution in [-0.2, 0) is 30.0 Å². The van der Waals surface area contributed by atoms with Gasteiger partial charge in [-0.1, -0.05) is 12.1 Å². The Balaban J connectivity index is 2.08. The molecule has 136 valence electrons. The normalized spacial score (nSPS) is 12.2. The molecular weight excluding hydrogens is 340 g/mol. The molecule has 0 radical (unpaired) electrons. The third-order valence-corrected chi connectivity index (χ3v) is 4.88. The van der Waals surface area contributed by atoms with Crippen molar-refractivity contribution in [3.63, 3.8) is 0 Å². The van der Waals surface area contributed by atoms with Crippen molar-refractivity contribution in [1.29, 1.82) is 0 Å². The smallest absolute Gasteiger partial charge is 0.191 e. The van der Waals surface area contributed by atoms with E-state index in [0.717, 1.165) is 23.5 Å². The molecule has 1 aromatic carbocycles. The fourth-order valence-corrected chi connectivity index (χ4v) is 3.34. The Labute approximate surface area is 148 Å². The summed E-state index contributed by atoms with van der Waals surface area (Å²) in [6.45, 7) is 5.47. The first kappa shape index (κ1) is 18.9. The van der Waals surface area contributed by atoms with Gasteiger partial charge < -0.3 is 10.6 Å². The van der Waals surface area contributed by atoms with E-state index in [9.17, 15) is 8.42 Å². The lowest BCUT2D eigenvalue weighted by atomic mass is 10.1. The van der Waals surface area contributed by atoms with Crippen molar-refractivity contribution in [1.82, 2.24) is 25.4 Å². The summed E-state index contributed by atoms with van der Waals surface area (Å²) in [5.74, 6) is 1.47. The highest BCUT2D eigenvalue weighted by atomic mass is 32.2. The molecule has 0 fully saturated rings. The van der Waals surface area contributed by atoms with Gasteiger partial charge in [-0.05, 0) is 31.0 Å². The lowest BCUT2D eigenvalue weighted by Gasteiger charge is -2.11. The van der Waals surface area contributed by atoms with Crippen LogP contribution in [-0.4, -0.2) is 41.9 Å². The summed E-state index contributed by atoms with van der Waals surface area (Å²) >= 11 is 0. The van der Waals surface area contributed by atoms with Crippen molar-refractivity contribution in [2.75, 3.05) is 12.8 Å². The summed E-state index contributed by atoms with van der Waals surface area (Å²) in [4.78, 5) is 9.05. The van der Waals surface area contributed by atoms with Crippen LogP contribution >= 0.6 is 0 Å². The van der Waals surface area contributed by atoms with Crippen molar-refractivity contribution in [2.24, 2.45) is 12.0 Å². The van der Waals surface area contributed by atoms with E-state index >= 15 is 0 Å². The molecule has 0 atom stereocenters. The molecule has 0 aliphatic heterocycles. The van der Waals surface area contributed by atoms with Gasteiger partial charge in [-0.15, -0.1) is 0 Å². The number of benzene rings is 1. The quantitative estimate of drug-likeness (QED) is 0.580. The van der Waals surface area contributed by atoms with Crippen molar-refractivity contribution in [3.8, 4) is 0 Å². The van der Waals surface area contributed by atoms with Crippen LogP contribution in [0.3, 0.4) is 0 Å². The van der Waals surface area contributed by atoms with Crippen molar-refractivity contribution in [2.45, 2.75) is 31.8 Å². The summed E-state index contributed by atoms with van der Waals surface area (Å²) in [5, 5.41) is 10.4. The molecule has 1 heterocycles. The van der Waals surface area contributed by atoms with Crippen LogP contribution in [0.4, 0.5) is 0 Å². The highest BCUT2D eigenvalue weighted by Crippen LogP contribution is 2.17. The van der Waals surface area contributed by atoms with Gasteiger partial charge in [0.15, 0.2) is 15.8 Å². The first-order valence-electron chi connectivity index (χ1n) is 7.96. The molecule has 1 aromatic heterocycles. The molecule has 0 bridgehead atoms. The molecule has 0 aliphatic rings. The molecule has 8 nitrogen and oxygen atoms in total. The maximum Gasteiger partial charge on any atom is 0.191 e. The standard InChI is InChI=1S/C16H24N6O2S/c1-5-17-16(19-10-15-20-11-21-22(15)3)18-9-13-6-7-14(12(2)8-13)25(4,23)24/h6-8,11H,5,9-10H2,1-4H3,(H2,17,18,19). The first-order valence-corrected chi connectivity index (χ1v) is 9.85. The summed E-state index contributed by atoms with van der Waals surface area (Å²) in [5.41, 5.74) is 1.67. The van der Waals surface area contributed by atoms with E-state index in [1.54, 1.807) is 23.7 Å². The Hall–Kier alpha value is -2.42. The van der Waals surface area contributed by atoms with E-state index in [2.05, 4.69) is 25.7 Å². The Morgan fingerprint density at radius 1 is 1.32 bits per heavy atom. The van der Waals surface area contributed by atoms with Crippen molar-refractivity contribution in [3.05, 3.63) is 41.5 Å². The van der Waals surface area contributed by atoms with Gasteiger partial charge in [-0.2, -0.15) is 5.10 Å². The fraction of sp³-hybridized carbons (Fsp3) is 0.438. The molecule has 0 saturated carbocycles. The molecule has 0 amide bonds. The molecule has 2 N–H and O–H groups in total. The minimum atomic E-state index is -3.20. The van der Waals surface area contributed by atoms with Gasteiger partial charge >= 0.3 is 0 Å². The van der Waals surface area contributed by atoms with Gasteiger partial charge in [0, 0.05) is 19.8 Å². The first-order chi connectivity index (χ1) is 11.8.